The highest BCUT2D eigenvalue weighted by atomic mass is 19.4. The van der Waals surface area contributed by atoms with Gasteiger partial charge in [-0.3, -0.25) is 4.79 Å². The molecule has 1 aromatic heterocycles. The number of halogens is 3. The second-order valence-electron chi connectivity index (χ2n) is 6.66. The van der Waals surface area contributed by atoms with Gasteiger partial charge in [-0.15, -0.1) is 5.10 Å². The summed E-state index contributed by atoms with van der Waals surface area (Å²) in [5.41, 5.74) is 3.40. The van der Waals surface area contributed by atoms with Crippen molar-refractivity contribution in [2.45, 2.75) is 38.4 Å². The highest BCUT2D eigenvalue weighted by Gasteiger charge is 2.39. The average molecular weight is 402 g/mol. The lowest BCUT2D eigenvalue weighted by Gasteiger charge is -2.18. The van der Waals surface area contributed by atoms with E-state index in [-0.39, 0.29) is 0 Å². The van der Waals surface area contributed by atoms with Gasteiger partial charge in [0, 0.05) is 0 Å². The SMILES string of the molecule is CC[C@H](NC(=O)C(F)(F)F)c1ccc(-n2cc(CCc3ccccc3)nn2)cc1. The molecule has 1 amide bonds. The highest BCUT2D eigenvalue weighted by Crippen LogP contribution is 2.22. The van der Waals surface area contributed by atoms with Gasteiger partial charge in [0.05, 0.1) is 23.6 Å². The first-order valence-corrected chi connectivity index (χ1v) is 9.30. The van der Waals surface area contributed by atoms with Gasteiger partial charge in [-0.2, -0.15) is 13.2 Å². The minimum absolute atomic E-state index is 0.341. The zero-order chi connectivity index (χ0) is 20.9. The number of nitrogens with one attached hydrogen (secondary N) is 1. The van der Waals surface area contributed by atoms with Gasteiger partial charge in [0.25, 0.3) is 0 Å². The van der Waals surface area contributed by atoms with Gasteiger partial charge < -0.3 is 5.32 Å². The fourth-order valence-corrected chi connectivity index (χ4v) is 2.98. The van der Waals surface area contributed by atoms with Gasteiger partial charge in [-0.05, 0) is 42.5 Å². The molecule has 0 unspecified atom stereocenters. The third-order valence-electron chi connectivity index (χ3n) is 4.58. The second kappa shape index (κ2) is 8.89. The van der Waals surface area contributed by atoms with Crippen molar-refractivity contribution in [2.24, 2.45) is 0 Å². The summed E-state index contributed by atoms with van der Waals surface area (Å²) in [6.45, 7) is 1.71. The zero-order valence-electron chi connectivity index (χ0n) is 15.9. The van der Waals surface area contributed by atoms with Crippen LogP contribution in [0, 0.1) is 0 Å². The number of amides is 1. The Morgan fingerprint density at radius 1 is 1.07 bits per heavy atom. The molecule has 5 nitrogen and oxygen atoms in total. The molecular formula is C21H21F3N4O. The standard InChI is InChI=1S/C21H21F3N4O/c1-2-19(25-20(29)21(22,23)24)16-9-12-18(13-10-16)28-14-17(26-27-28)11-8-15-6-4-3-5-7-15/h3-7,9-10,12-14,19H,2,8,11H2,1H3,(H,25,29)/t19-/m0/s1. The van der Waals surface area contributed by atoms with Crippen LogP contribution in [0.1, 0.15) is 36.2 Å². The average Bonchev–Trinajstić information content (AvgIpc) is 3.19. The molecule has 1 N–H and O–H groups in total. The van der Waals surface area contributed by atoms with Crippen molar-refractivity contribution in [2.75, 3.05) is 0 Å². The maximum absolute atomic E-state index is 12.5. The molecule has 3 aromatic rings. The van der Waals surface area contributed by atoms with E-state index in [2.05, 4.69) is 22.4 Å². The Labute approximate surface area is 166 Å². The number of aromatic nitrogens is 3. The molecular weight excluding hydrogens is 381 g/mol. The Morgan fingerprint density at radius 2 is 1.76 bits per heavy atom. The number of carbonyl (C=O) groups is 1. The van der Waals surface area contributed by atoms with Crippen LogP contribution in [-0.4, -0.2) is 27.1 Å². The van der Waals surface area contributed by atoms with Crippen LogP contribution in [0.3, 0.4) is 0 Å². The van der Waals surface area contributed by atoms with Gasteiger partial charge in [-0.25, -0.2) is 4.68 Å². The van der Waals surface area contributed by atoms with Crippen molar-refractivity contribution in [3.63, 3.8) is 0 Å². The molecule has 0 aliphatic carbocycles. The summed E-state index contributed by atoms with van der Waals surface area (Å²) >= 11 is 0. The largest absolute Gasteiger partial charge is 0.471 e. The van der Waals surface area contributed by atoms with Crippen LogP contribution in [0.4, 0.5) is 13.2 Å². The van der Waals surface area contributed by atoms with Crippen molar-refractivity contribution in [1.82, 2.24) is 20.3 Å². The van der Waals surface area contributed by atoms with E-state index in [0.29, 0.717) is 12.0 Å². The third kappa shape index (κ3) is 5.43. The Balaban J connectivity index is 1.65. The number of carbonyl (C=O) groups excluding carboxylic acids is 1. The van der Waals surface area contributed by atoms with Crippen molar-refractivity contribution in [3.05, 3.63) is 77.6 Å². The molecule has 0 spiro atoms. The summed E-state index contributed by atoms with van der Waals surface area (Å²) in [4.78, 5) is 11.2. The van der Waals surface area contributed by atoms with E-state index in [1.54, 1.807) is 35.9 Å². The Bertz CT molecular complexity index is 937. The maximum atomic E-state index is 12.5. The van der Waals surface area contributed by atoms with Crippen molar-refractivity contribution >= 4 is 5.91 Å². The smallest absolute Gasteiger partial charge is 0.341 e. The second-order valence-corrected chi connectivity index (χ2v) is 6.66. The lowest BCUT2D eigenvalue weighted by Crippen LogP contribution is -2.38. The molecule has 0 aliphatic heterocycles. The predicted molar refractivity (Wildman–Crippen MR) is 102 cm³/mol. The molecule has 0 radical (unpaired) electrons. The van der Waals surface area contributed by atoms with Crippen molar-refractivity contribution < 1.29 is 18.0 Å². The number of hydrogen-bond donors (Lipinski definition) is 1. The highest BCUT2D eigenvalue weighted by molar-refractivity contribution is 5.82. The molecule has 2 aromatic carbocycles. The lowest BCUT2D eigenvalue weighted by molar-refractivity contribution is -0.174. The van der Waals surface area contributed by atoms with E-state index >= 15 is 0 Å². The van der Waals surface area contributed by atoms with E-state index in [1.165, 1.54) is 5.56 Å². The third-order valence-corrected chi connectivity index (χ3v) is 4.58. The molecule has 0 aliphatic rings. The van der Waals surface area contributed by atoms with Crippen molar-refractivity contribution in [3.8, 4) is 5.69 Å². The maximum Gasteiger partial charge on any atom is 0.471 e. The molecule has 152 valence electrons. The first-order chi connectivity index (χ1) is 13.9. The molecule has 29 heavy (non-hydrogen) atoms. The normalized spacial score (nSPS) is 12.6. The molecule has 0 saturated carbocycles. The monoisotopic (exact) mass is 402 g/mol. The van der Waals surface area contributed by atoms with E-state index < -0.39 is 18.1 Å². The minimum atomic E-state index is -4.90. The first kappa shape index (κ1) is 20.6. The van der Waals surface area contributed by atoms with Crippen LogP contribution < -0.4 is 5.32 Å². The number of rotatable bonds is 7. The minimum Gasteiger partial charge on any atom is -0.341 e. The van der Waals surface area contributed by atoms with E-state index in [4.69, 9.17) is 0 Å². The van der Waals surface area contributed by atoms with Crippen LogP contribution in [0.2, 0.25) is 0 Å². The fraction of sp³-hybridized carbons (Fsp3) is 0.286. The summed E-state index contributed by atoms with van der Waals surface area (Å²) in [5.74, 6) is -1.94. The lowest BCUT2D eigenvalue weighted by atomic mass is 10.0. The van der Waals surface area contributed by atoms with Crippen LogP contribution in [0.15, 0.2) is 60.8 Å². The first-order valence-electron chi connectivity index (χ1n) is 9.30. The summed E-state index contributed by atoms with van der Waals surface area (Å²) in [5, 5.41) is 10.3. The summed E-state index contributed by atoms with van der Waals surface area (Å²) in [6, 6.07) is 16.2. The van der Waals surface area contributed by atoms with E-state index in [0.717, 1.165) is 24.2 Å². The van der Waals surface area contributed by atoms with Crippen LogP contribution in [0.25, 0.3) is 5.69 Å². The summed E-state index contributed by atoms with van der Waals surface area (Å²) < 4.78 is 39.1. The molecule has 1 atom stereocenters. The van der Waals surface area contributed by atoms with Crippen LogP contribution in [0.5, 0.6) is 0 Å². The summed E-state index contributed by atoms with van der Waals surface area (Å²) in [6.07, 6.45) is -1.11. The van der Waals surface area contributed by atoms with Crippen molar-refractivity contribution in [1.29, 1.82) is 0 Å². The van der Waals surface area contributed by atoms with Crippen LogP contribution in [-0.2, 0) is 17.6 Å². The van der Waals surface area contributed by atoms with Gasteiger partial charge in [0.15, 0.2) is 0 Å². The van der Waals surface area contributed by atoms with Gasteiger partial charge >= 0.3 is 12.1 Å². The van der Waals surface area contributed by atoms with E-state index in [9.17, 15) is 18.0 Å². The van der Waals surface area contributed by atoms with Crippen LogP contribution >= 0.6 is 0 Å². The van der Waals surface area contributed by atoms with Gasteiger partial charge in [-0.1, -0.05) is 54.6 Å². The zero-order valence-corrected chi connectivity index (χ0v) is 15.9. The Hall–Kier alpha value is -3.16. The fourth-order valence-electron chi connectivity index (χ4n) is 2.98. The molecule has 8 heteroatoms. The number of nitrogens with zero attached hydrogens (tertiary/aromatic N) is 3. The topological polar surface area (TPSA) is 59.8 Å². The molecule has 3 rings (SSSR count). The summed E-state index contributed by atoms with van der Waals surface area (Å²) in [7, 11) is 0. The molecule has 0 bridgehead atoms. The van der Waals surface area contributed by atoms with E-state index in [1.807, 2.05) is 29.7 Å². The molecule has 0 fully saturated rings. The number of hydrogen-bond acceptors (Lipinski definition) is 3. The predicted octanol–water partition coefficient (Wildman–Crippen LogP) is 4.18. The number of alkyl halides is 3. The number of benzene rings is 2. The molecule has 0 saturated heterocycles. The molecule has 1 heterocycles. The van der Waals surface area contributed by atoms with Gasteiger partial charge in [0.1, 0.15) is 0 Å². The quantitative estimate of drug-likeness (QED) is 0.645. The Kier molecular flexibility index (Phi) is 6.31. The Morgan fingerprint density at radius 3 is 2.38 bits per heavy atom. The van der Waals surface area contributed by atoms with Gasteiger partial charge in [0.2, 0.25) is 0 Å². The number of aryl methyl sites for hydroxylation is 2.